The molecule has 1 aromatic heterocycles. The van der Waals surface area contributed by atoms with Gasteiger partial charge in [-0.3, -0.25) is 4.79 Å². The molecule has 3 N–H and O–H groups in total. The van der Waals surface area contributed by atoms with Gasteiger partial charge in [0.15, 0.2) is 0 Å². The zero-order valence-electron chi connectivity index (χ0n) is 13.5. The smallest absolute Gasteiger partial charge is 0.244 e. The van der Waals surface area contributed by atoms with Crippen molar-refractivity contribution in [2.24, 2.45) is 5.14 Å². The van der Waals surface area contributed by atoms with Gasteiger partial charge in [-0.25, -0.2) is 13.6 Å². The van der Waals surface area contributed by atoms with Crippen LogP contribution in [-0.2, 0) is 21.4 Å². The molecule has 1 heterocycles. The lowest BCUT2D eigenvalue weighted by molar-refractivity contribution is -0.116. The van der Waals surface area contributed by atoms with Crippen LogP contribution in [-0.4, -0.2) is 26.0 Å². The van der Waals surface area contributed by atoms with Crippen molar-refractivity contribution in [1.82, 2.24) is 4.57 Å². The maximum Gasteiger partial charge on any atom is 0.244 e. The molecule has 0 spiro atoms. The van der Waals surface area contributed by atoms with Crippen LogP contribution in [0.4, 0.5) is 5.69 Å². The van der Waals surface area contributed by atoms with Gasteiger partial charge in [0.25, 0.3) is 0 Å². The summed E-state index contributed by atoms with van der Waals surface area (Å²) in [6.07, 6.45) is 1.83. The molecule has 25 heavy (non-hydrogen) atoms. The quantitative estimate of drug-likeness (QED) is 0.726. The third kappa shape index (κ3) is 3.81. The Morgan fingerprint density at radius 2 is 1.88 bits per heavy atom. The van der Waals surface area contributed by atoms with Gasteiger partial charge in [0.2, 0.25) is 15.9 Å². The van der Waals surface area contributed by atoms with Crippen LogP contribution in [0.25, 0.3) is 10.9 Å². The summed E-state index contributed by atoms with van der Waals surface area (Å²) in [5.41, 5.74) is 1.41. The molecule has 3 rings (SSSR count). The van der Waals surface area contributed by atoms with Crippen molar-refractivity contribution in [2.75, 3.05) is 12.4 Å². The number of nitrogens with two attached hydrogens (primary N) is 1. The van der Waals surface area contributed by atoms with Gasteiger partial charge in [0.1, 0.15) is 12.3 Å². The summed E-state index contributed by atoms with van der Waals surface area (Å²) in [5, 5.41) is 8.75. The zero-order chi connectivity index (χ0) is 18.0. The number of nitrogens with zero attached hydrogens (tertiary/aromatic N) is 1. The molecule has 1 amide bonds. The number of methoxy groups -OCH3 is 1. The molecule has 130 valence electrons. The maximum absolute atomic E-state index is 12.2. The van der Waals surface area contributed by atoms with E-state index >= 15 is 0 Å². The lowest BCUT2D eigenvalue weighted by Crippen LogP contribution is -2.18. The van der Waals surface area contributed by atoms with E-state index in [-0.39, 0.29) is 17.3 Å². The Morgan fingerprint density at radius 1 is 1.16 bits per heavy atom. The highest BCUT2D eigenvalue weighted by molar-refractivity contribution is 7.89. The number of sulfonamides is 1. The fourth-order valence-electron chi connectivity index (χ4n) is 2.53. The number of primary sulfonamides is 1. The van der Waals surface area contributed by atoms with Crippen LogP contribution in [0.1, 0.15) is 0 Å². The molecule has 0 saturated heterocycles. The average molecular weight is 359 g/mol. The van der Waals surface area contributed by atoms with Gasteiger partial charge >= 0.3 is 0 Å². The first-order chi connectivity index (χ1) is 11.9. The van der Waals surface area contributed by atoms with Crippen LogP contribution in [0.5, 0.6) is 5.75 Å². The molecule has 2 aromatic carbocycles. The minimum absolute atomic E-state index is 0.00384. The first kappa shape index (κ1) is 17.0. The number of hydrogen-bond donors (Lipinski definition) is 2. The number of benzene rings is 2. The van der Waals surface area contributed by atoms with Gasteiger partial charge < -0.3 is 14.6 Å². The average Bonchev–Trinajstić information content (AvgIpc) is 2.96. The third-order valence-electron chi connectivity index (χ3n) is 3.76. The Balaban J connectivity index is 1.72. The van der Waals surface area contributed by atoms with E-state index in [2.05, 4.69) is 5.32 Å². The minimum atomic E-state index is -3.75. The second-order valence-corrected chi connectivity index (χ2v) is 7.05. The number of aromatic nitrogens is 1. The third-order valence-corrected chi connectivity index (χ3v) is 4.69. The lowest BCUT2D eigenvalue weighted by Gasteiger charge is -2.08. The normalized spacial score (nSPS) is 11.4. The van der Waals surface area contributed by atoms with Crippen LogP contribution in [0.2, 0.25) is 0 Å². The van der Waals surface area contributed by atoms with Gasteiger partial charge in [-0.05, 0) is 48.5 Å². The Hall–Kier alpha value is -2.84. The first-order valence-corrected chi connectivity index (χ1v) is 8.97. The number of anilines is 1. The number of hydrogen-bond acceptors (Lipinski definition) is 4. The van der Waals surface area contributed by atoms with E-state index in [0.717, 1.165) is 16.7 Å². The van der Waals surface area contributed by atoms with Crippen molar-refractivity contribution in [3.05, 3.63) is 54.7 Å². The molecule has 0 unspecified atom stereocenters. The van der Waals surface area contributed by atoms with Gasteiger partial charge in [-0.1, -0.05) is 0 Å². The summed E-state index contributed by atoms with van der Waals surface area (Å²) < 4.78 is 29.5. The molecule has 0 aliphatic carbocycles. The van der Waals surface area contributed by atoms with Crippen LogP contribution >= 0.6 is 0 Å². The van der Waals surface area contributed by atoms with Crippen LogP contribution in [0.15, 0.2) is 59.6 Å². The number of carbonyl (C=O) groups is 1. The van der Waals surface area contributed by atoms with E-state index < -0.39 is 10.0 Å². The molecular weight excluding hydrogens is 342 g/mol. The second-order valence-electron chi connectivity index (χ2n) is 5.49. The molecular formula is C17H17N3O4S. The number of fused-ring (bicyclic) bond motifs is 1. The summed E-state index contributed by atoms with van der Waals surface area (Å²) in [7, 11) is -2.14. The first-order valence-electron chi connectivity index (χ1n) is 7.42. The largest absolute Gasteiger partial charge is 0.497 e. The van der Waals surface area contributed by atoms with E-state index in [1.165, 1.54) is 24.3 Å². The van der Waals surface area contributed by atoms with Gasteiger partial charge in [-0.15, -0.1) is 0 Å². The van der Waals surface area contributed by atoms with E-state index in [9.17, 15) is 13.2 Å². The Labute approximate surface area is 145 Å². The van der Waals surface area contributed by atoms with Crippen molar-refractivity contribution in [2.45, 2.75) is 11.4 Å². The molecule has 0 fully saturated rings. The maximum atomic E-state index is 12.2. The van der Waals surface area contributed by atoms with E-state index in [1.54, 1.807) is 7.11 Å². The van der Waals surface area contributed by atoms with Crippen molar-refractivity contribution in [1.29, 1.82) is 0 Å². The molecule has 0 atom stereocenters. The number of amides is 1. The van der Waals surface area contributed by atoms with Gasteiger partial charge in [0, 0.05) is 22.8 Å². The SMILES string of the molecule is COc1ccc2c(ccn2CC(=O)Nc2ccc(S(N)(=O)=O)cc2)c1. The van der Waals surface area contributed by atoms with Gasteiger partial charge in [-0.2, -0.15) is 0 Å². The van der Waals surface area contributed by atoms with Crippen LogP contribution < -0.4 is 15.2 Å². The highest BCUT2D eigenvalue weighted by atomic mass is 32.2. The van der Waals surface area contributed by atoms with Crippen molar-refractivity contribution in [3.8, 4) is 5.75 Å². The number of ether oxygens (including phenoxy) is 1. The van der Waals surface area contributed by atoms with E-state index in [0.29, 0.717) is 5.69 Å². The van der Waals surface area contributed by atoms with Gasteiger partial charge in [0.05, 0.1) is 12.0 Å². The fourth-order valence-corrected chi connectivity index (χ4v) is 3.04. The Morgan fingerprint density at radius 3 is 2.52 bits per heavy atom. The molecule has 0 aliphatic heterocycles. The Kier molecular flexibility index (Phi) is 4.47. The molecule has 0 bridgehead atoms. The van der Waals surface area contributed by atoms with Crippen molar-refractivity contribution < 1.29 is 17.9 Å². The van der Waals surface area contributed by atoms with Crippen molar-refractivity contribution in [3.63, 3.8) is 0 Å². The molecule has 0 radical (unpaired) electrons. The van der Waals surface area contributed by atoms with Crippen LogP contribution in [0, 0.1) is 0 Å². The topological polar surface area (TPSA) is 103 Å². The molecule has 7 nitrogen and oxygen atoms in total. The summed E-state index contributed by atoms with van der Waals surface area (Å²) in [6.45, 7) is 0.132. The zero-order valence-corrected chi connectivity index (χ0v) is 14.3. The summed E-state index contributed by atoms with van der Waals surface area (Å²) in [6, 6.07) is 13.2. The predicted molar refractivity (Wildman–Crippen MR) is 94.9 cm³/mol. The minimum Gasteiger partial charge on any atom is -0.497 e. The number of carbonyl (C=O) groups excluding carboxylic acids is 1. The van der Waals surface area contributed by atoms with E-state index in [4.69, 9.17) is 9.88 Å². The molecule has 8 heteroatoms. The Bertz CT molecular complexity index is 1020. The second kappa shape index (κ2) is 6.58. The summed E-state index contributed by atoms with van der Waals surface area (Å²) in [5.74, 6) is 0.529. The lowest BCUT2D eigenvalue weighted by atomic mass is 10.2. The summed E-state index contributed by atoms with van der Waals surface area (Å²) >= 11 is 0. The summed E-state index contributed by atoms with van der Waals surface area (Å²) in [4.78, 5) is 12.2. The number of rotatable bonds is 5. The highest BCUT2D eigenvalue weighted by Crippen LogP contribution is 2.22. The fraction of sp³-hybridized carbons (Fsp3) is 0.118. The standard InChI is InChI=1S/C17H17N3O4S/c1-24-14-4-7-16-12(10-14)8-9-20(16)11-17(21)19-13-2-5-15(6-3-13)25(18,22)23/h2-10H,11H2,1H3,(H,19,21)(H2,18,22,23). The predicted octanol–water partition coefficient (Wildman–Crippen LogP) is 1.94. The highest BCUT2D eigenvalue weighted by Gasteiger charge is 2.10. The molecule has 3 aromatic rings. The molecule has 0 aliphatic rings. The monoisotopic (exact) mass is 359 g/mol. The number of nitrogens with one attached hydrogen (secondary N) is 1. The van der Waals surface area contributed by atoms with E-state index in [1.807, 2.05) is 35.0 Å². The van der Waals surface area contributed by atoms with Crippen LogP contribution in [0.3, 0.4) is 0 Å². The molecule has 0 saturated carbocycles. The van der Waals surface area contributed by atoms with Crippen molar-refractivity contribution >= 4 is 32.5 Å².